The first kappa shape index (κ1) is 13.8. The van der Waals surface area contributed by atoms with E-state index < -0.39 is 0 Å². The van der Waals surface area contributed by atoms with E-state index in [1.165, 1.54) is 19.4 Å². The van der Waals surface area contributed by atoms with Crippen molar-refractivity contribution in [3.8, 4) is 0 Å². The molecule has 0 bridgehead atoms. The molecule has 3 unspecified atom stereocenters. The van der Waals surface area contributed by atoms with Crippen LogP contribution in [0.25, 0.3) is 0 Å². The molecule has 2 fully saturated rings. The third kappa shape index (κ3) is 4.25. The van der Waals surface area contributed by atoms with Crippen molar-refractivity contribution < 1.29 is 4.79 Å². The summed E-state index contributed by atoms with van der Waals surface area (Å²) in [4.78, 5) is 14.2. The van der Waals surface area contributed by atoms with Crippen molar-refractivity contribution in [3.63, 3.8) is 0 Å². The summed E-state index contributed by atoms with van der Waals surface area (Å²) >= 11 is 0. The first-order chi connectivity index (χ1) is 8.63. The van der Waals surface area contributed by atoms with Crippen molar-refractivity contribution in [3.05, 3.63) is 0 Å². The van der Waals surface area contributed by atoms with Gasteiger partial charge in [0.1, 0.15) is 0 Å². The molecule has 1 saturated heterocycles. The molecule has 18 heavy (non-hydrogen) atoms. The van der Waals surface area contributed by atoms with Crippen LogP contribution in [-0.2, 0) is 4.79 Å². The lowest BCUT2D eigenvalue weighted by Crippen LogP contribution is -2.36. The molecule has 0 aromatic heterocycles. The number of piperidine rings is 1. The average Bonchev–Trinajstić information content (AvgIpc) is 2.72. The molecule has 2 rings (SSSR count). The molecule has 0 aromatic rings. The summed E-state index contributed by atoms with van der Waals surface area (Å²) < 4.78 is 0. The monoisotopic (exact) mass is 253 g/mol. The molecule has 2 aliphatic rings. The van der Waals surface area contributed by atoms with E-state index in [1.54, 1.807) is 0 Å². The van der Waals surface area contributed by atoms with Crippen molar-refractivity contribution in [1.29, 1.82) is 0 Å². The Morgan fingerprint density at radius 1 is 1.39 bits per heavy atom. The molecular formula is C14H27N3O. The maximum atomic E-state index is 11.9. The fourth-order valence-corrected chi connectivity index (χ4v) is 3.29. The summed E-state index contributed by atoms with van der Waals surface area (Å²) in [5.41, 5.74) is 5.85. The van der Waals surface area contributed by atoms with Gasteiger partial charge < -0.3 is 16.0 Å². The van der Waals surface area contributed by atoms with Crippen molar-refractivity contribution in [2.24, 2.45) is 11.7 Å². The number of nitrogens with two attached hydrogens (primary N) is 1. The van der Waals surface area contributed by atoms with Crippen molar-refractivity contribution in [1.82, 2.24) is 10.2 Å². The fraction of sp³-hybridized carbons (Fsp3) is 0.929. The molecule has 3 N–H and O–H groups in total. The van der Waals surface area contributed by atoms with Crippen LogP contribution in [0.3, 0.4) is 0 Å². The number of nitrogens with one attached hydrogen (secondary N) is 1. The van der Waals surface area contributed by atoms with Gasteiger partial charge in [-0.2, -0.15) is 0 Å². The molecular weight excluding hydrogens is 226 g/mol. The maximum absolute atomic E-state index is 11.9. The summed E-state index contributed by atoms with van der Waals surface area (Å²) in [6.45, 7) is 2.37. The van der Waals surface area contributed by atoms with Gasteiger partial charge in [0.25, 0.3) is 0 Å². The number of likely N-dealkylation sites (tertiary alicyclic amines) is 1. The molecule has 0 aromatic carbocycles. The minimum Gasteiger partial charge on any atom is -0.353 e. The third-order valence-corrected chi connectivity index (χ3v) is 4.34. The molecule has 0 radical (unpaired) electrons. The summed E-state index contributed by atoms with van der Waals surface area (Å²) in [6.07, 6.45) is 7.35. The Morgan fingerprint density at radius 3 is 2.89 bits per heavy atom. The highest BCUT2D eigenvalue weighted by Crippen LogP contribution is 2.21. The zero-order chi connectivity index (χ0) is 13.0. The second-order valence-electron chi connectivity index (χ2n) is 6.15. The van der Waals surface area contributed by atoms with E-state index in [-0.39, 0.29) is 5.91 Å². The van der Waals surface area contributed by atoms with E-state index in [9.17, 15) is 4.79 Å². The Balaban J connectivity index is 1.62. The van der Waals surface area contributed by atoms with E-state index in [2.05, 4.69) is 17.3 Å². The lowest BCUT2D eigenvalue weighted by Gasteiger charge is -2.29. The molecule has 4 heteroatoms. The summed E-state index contributed by atoms with van der Waals surface area (Å²) in [7, 11) is 2.17. The van der Waals surface area contributed by atoms with Gasteiger partial charge in [0.2, 0.25) is 5.91 Å². The van der Waals surface area contributed by atoms with Gasteiger partial charge in [-0.1, -0.05) is 0 Å². The number of hydrogen-bond donors (Lipinski definition) is 2. The second-order valence-corrected chi connectivity index (χ2v) is 6.15. The normalized spacial score (nSPS) is 33.6. The van der Waals surface area contributed by atoms with Crippen LogP contribution in [0, 0.1) is 5.92 Å². The zero-order valence-electron chi connectivity index (χ0n) is 11.5. The predicted octanol–water partition coefficient (Wildman–Crippen LogP) is 1.10. The standard InChI is InChI=1S/C14H27N3O/c1-17-8-2-3-11(10-17)4-7-14(18)16-13-6-5-12(15)9-13/h11-13H,2-10,15H2,1H3,(H,16,18). The van der Waals surface area contributed by atoms with Crippen LogP contribution in [-0.4, -0.2) is 43.0 Å². The van der Waals surface area contributed by atoms with Crippen LogP contribution in [0.15, 0.2) is 0 Å². The zero-order valence-corrected chi connectivity index (χ0v) is 11.5. The number of carbonyl (C=O) groups excluding carboxylic acids is 1. The Kier molecular flexibility index (Phi) is 5.01. The topological polar surface area (TPSA) is 58.4 Å². The van der Waals surface area contributed by atoms with Crippen LogP contribution < -0.4 is 11.1 Å². The van der Waals surface area contributed by atoms with Crippen LogP contribution in [0.1, 0.15) is 44.9 Å². The molecule has 1 aliphatic heterocycles. The van der Waals surface area contributed by atoms with E-state index in [1.807, 2.05) is 0 Å². The van der Waals surface area contributed by atoms with Gasteiger partial charge in [0.15, 0.2) is 0 Å². The van der Waals surface area contributed by atoms with E-state index in [4.69, 9.17) is 5.73 Å². The van der Waals surface area contributed by atoms with Gasteiger partial charge in [-0.05, 0) is 58.0 Å². The first-order valence-corrected chi connectivity index (χ1v) is 7.37. The van der Waals surface area contributed by atoms with Crippen LogP contribution in [0.4, 0.5) is 0 Å². The molecule has 4 nitrogen and oxygen atoms in total. The molecule has 0 spiro atoms. The van der Waals surface area contributed by atoms with Crippen molar-refractivity contribution in [2.75, 3.05) is 20.1 Å². The van der Waals surface area contributed by atoms with Gasteiger partial charge in [-0.25, -0.2) is 0 Å². The molecule has 3 atom stereocenters. The molecule has 1 amide bonds. The number of hydrogen-bond acceptors (Lipinski definition) is 3. The van der Waals surface area contributed by atoms with Crippen molar-refractivity contribution >= 4 is 5.91 Å². The number of rotatable bonds is 4. The lowest BCUT2D eigenvalue weighted by atomic mass is 9.93. The largest absolute Gasteiger partial charge is 0.353 e. The Morgan fingerprint density at radius 2 is 2.22 bits per heavy atom. The highest BCUT2D eigenvalue weighted by atomic mass is 16.1. The predicted molar refractivity (Wildman–Crippen MR) is 73.2 cm³/mol. The van der Waals surface area contributed by atoms with Crippen LogP contribution >= 0.6 is 0 Å². The quantitative estimate of drug-likeness (QED) is 0.789. The van der Waals surface area contributed by atoms with Crippen LogP contribution in [0.5, 0.6) is 0 Å². The lowest BCUT2D eigenvalue weighted by molar-refractivity contribution is -0.122. The number of carbonyl (C=O) groups is 1. The van der Waals surface area contributed by atoms with Gasteiger partial charge in [0.05, 0.1) is 0 Å². The maximum Gasteiger partial charge on any atom is 0.220 e. The Labute approximate surface area is 110 Å². The Bertz CT molecular complexity index is 282. The highest BCUT2D eigenvalue weighted by molar-refractivity contribution is 5.76. The third-order valence-electron chi connectivity index (χ3n) is 4.34. The average molecular weight is 253 g/mol. The van der Waals surface area contributed by atoms with E-state index in [0.717, 1.165) is 32.2 Å². The number of amides is 1. The van der Waals surface area contributed by atoms with Gasteiger partial charge in [-0.3, -0.25) is 4.79 Å². The van der Waals surface area contributed by atoms with E-state index >= 15 is 0 Å². The van der Waals surface area contributed by atoms with Gasteiger partial charge >= 0.3 is 0 Å². The minimum atomic E-state index is 0.224. The molecule has 1 heterocycles. The SMILES string of the molecule is CN1CCCC(CCC(=O)NC2CCC(N)C2)C1. The Hall–Kier alpha value is -0.610. The van der Waals surface area contributed by atoms with E-state index in [0.29, 0.717) is 24.4 Å². The van der Waals surface area contributed by atoms with Crippen LogP contribution in [0.2, 0.25) is 0 Å². The molecule has 1 aliphatic carbocycles. The fourth-order valence-electron chi connectivity index (χ4n) is 3.29. The van der Waals surface area contributed by atoms with Crippen molar-refractivity contribution in [2.45, 2.75) is 57.0 Å². The summed E-state index contributed by atoms with van der Waals surface area (Å²) in [6, 6.07) is 0.629. The second kappa shape index (κ2) is 6.53. The molecule has 1 saturated carbocycles. The molecule has 104 valence electrons. The van der Waals surface area contributed by atoms with Gasteiger partial charge in [-0.15, -0.1) is 0 Å². The number of nitrogens with zero attached hydrogens (tertiary/aromatic N) is 1. The summed E-state index contributed by atoms with van der Waals surface area (Å²) in [5, 5.41) is 3.13. The summed E-state index contributed by atoms with van der Waals surface area (Å²) in [5.74, 6) is 0.933. The first-order valence-electron chi connectivity index (χ1n) is 7.37. The minimum absolute atomic E-state index is 0.224. The smallest absolute Gasteiger partial charge is 0.220 e. The van der Waals surface area contributed by atoms with Gasteiger partial charge in [0, 0.05) is 25.0 Å². The highest BCUT2D eigenvalue weighted by Gasteiger charge is 2.23.